The molecule has 3 heteroatoms. The predicted octanol–water partition coefficient (Wildman–Crippen LogP) is 8.25. The Morgan fingerprint density at radius 1 is 0.676 bits per heavy atom. The van der Waals surface area contributed by atoms with Gasteiger partial charge in [-0.05, 0) is 58.0 Å². The molecule has 0 radical (unpaired) electrons. The number of para-hydroxylation sites is 1. The van der Waals surface area contributed by atoms with E-state index in [0.717, 1.165) is 34.5 Å². The maximum Gasteiger partial charge on any atom is 0.138 e. The first-order chi connectivity index (χ1) is 18.0. The van der Waals surface area contributed by atoms with Gasteiger partial charge in [0.05, 0.1) is 11.6 Å². The highest BCUT2D eigenvalue weighted by atomic mass is 15.3. The van der Waals surface area contributed by atoms with E-state index >= 15 is 0 Å². The van der Waals surface area contributed by atoms with Crippen molar-refractivity contribution in [2.45, 2.75) is 26.8 Å². The van der Waals surface area contributed by atoms with Gasteiger partial charge >= 0.3 is 0 Å². The normalized spacial score (nSPS) is 15.7. The molecular formula is C34H31N3. The first kappa shape index (κ1) is 23.2. The van der Waals surface area contributed by atoms with Gasteiger partial charge in [-0.15, -0.1) is 0 Å². The van der Waals surface area contributed by atoms with Crippen LogP contribution in [-0.4, -0.2) is 23.4 Å². The van der Waals surface area contributed by atoms with Crippen LogP contribution in [0.2, 0.25) is 0 Å². The zero-order valence-corrected chi connectivity index (χ0v) is 21.6. The van der Waals surface area contributed by atoms with Gasteiger partial charge in [0.15, 0.2) is 0 Å². The van der Waals surface area contributed by atoms with E-state index in [4.69, 9.17) is 9.98 Å². The van der Waals surface area contributed by atoms with Crippen molar-refractivity contribution >= 4 is 22.4 Å². The smallest absolute Gasteiger partial charge is 0.138 e. The highest BCUT2D eigenvalue weighted by molar-refractivity contribution is 6.17. The third-order valence-corrected chi connectivity index (χ3v) is 7.21. The van der Waals surface area contributed by atoms with Gasteiger partial charge in [0.2, 0.25) is 0 Å². The zero-order chi connectivity index (χ0) is 25.4. The minimum Gasteiger partial charge on any atom is -0.324 e. The van der Waals surface area contributed by atoms with E-state index in [1.54, 1.807) is 0 Å². The molecule has 1 atom stereocenters. The summed E-state index contributed by atoms with van der Waals surface area (Å²) in [6, 6.07) is 38.8. The van der Waals surface area contributed by atoms with Crippen LogP contribution in [0.3, 0.4) is 0 Å². The number of hydrogen-bond donors (Lipinski definition) is 0. The van der Waals surface area contributed by atoms with E-state index in [2.05, 4.69) is 129 Å². The summed E-state index contributed by atoms with van der Waals surface area (Å²) in [5.74, 6) is 0.994. The third-order valence-electron chi connectivity index (χ3n) is 7.21. The Morgan fingerprint density at radius 3 is 1.92 bits per heavy atom. The molecule has 6 rings (SSSR count). The first-order valence-corrected chi connectivity index (χ1v) is 12.9. The van der Waals surface area contributed by atoms with Gasteiger partial charge in [0, 0.05) is 29.4 Å². The van der Waals surface area contributed by atoms with Gasteiger partial charge in [-0.3, -0.25) is 9.98 Å². The van der Waals surface area contributed by atoms with Crippen molar-refractivity contribution in [3.8, 4) is 22.3 Å². The van der Waals surface area contributed by atoms with Gasteiger partial charge in [-0.25, -0.2) is 0 Å². The molecule has 0 amide bonds. The second-order valence-corrected chi connectivity index (χ2v) is 10.8. The molecule has 5 aromatic rings. The SMILES string of the molecule is CC(C)(C)[C@H]1CN(c2cc(-c3ccccc3)cc(-c3ccccc3)c2)C(c2cccc3cccnc23)=N1. The molecule has 0 saturated heterocycles. The maximum atomic E-state index is 5.34. The van der Waals surface area contributed by atoms with E-state index in [1.165, 1.54) is 22.3 Å². The van der Waals surface area contributed by atoms with Crippen molar-refractivity contribution in [3.05, 3.63) is 121 Å². The number of rotatable bonds is 4. The van der Waals surface area contributed by atoms with Gasteiger partial charge in [0.25, 0.3) is 0 Å². The van der Waals surface area contributed by atoms with Crippen molar-refractivity contribution < 1.29 is 0 Å². The van der Waals surface area contributed by atoms with E-state index < -0.39 is 0 Å². The van der Waals surface area contributed by atoms with Crippen molar-refractivity contribution in [2.24, 2.45) is 10.4 Å². The molecule has 37 heavy (non-hydrogen) atoms. The largest absolute Gasteiger partial charge is 0.324 e. The van der Waals surface area contributed by atoms with Crippen molar-refractivity contribution in [1.82, 2.24) is 4.98 Å². The Balaban J connectivity index is 1.55. The fourth-order valence-electron chi connectivity index (χ4n) is 5.07. The fraction of sp³-hybridized carbons (Fsp3) is 0.176. The molecule has 1 aliphatic rings. The van der Waals surface area contributed by atoms with Crippen molar-refractivity contribution in [2.75, 3.05) is 11.4 Å². The molecule has 4 aromatic carbocycles. The van der Waals surface area contributed by atoms with Gasteiger partial charge in [-0.1, -0.05) is 99.6 Å². The van der Waals surface area contributed by atoms with Crippen LogP contribution in [0.1, 0.15) is 26.3 Å². The minimum absolute atomic E-state index is 0.0390. The summed E-state index contributed by atoms with van der Waals surface area (Å²) < 4.78 is 0. The van der Waals surface area contributed by atoms with Crippen LogP contribution in [0.25, 0.3) is 33.2 Å². The number of aromatic nitrogens is 1. The molecule has 0 saturated carbocycles. The van der Waals surface area contributed by atoms with E-state index in [0.29, 0.717) is 0 Å². The van der Waals surface area contributed by atoms with Gasteiger partial charge < -0.3 is 4.90 Å². The van der Waals surface area contributed by atoms with Crippen LogP contribution in [0.5, 0.6) is 0 Å². The fourth-order valence-corrected chi connectivity index (χ4v) is 5.07. The lowest BCUT2D eigenvalue weighted by Gasteiger charge is -2.27. The summed E-state index contributed by atoms with van der Waals surface area (Å²) >= 11 is 0. The number of benzene rings is 4. The predicted molar refractivity (Wildman–Crippen MR) is 156 cm³/mol. The average molecular weight is 482 g/mol. The number of fused-ring (bicyclic) bond motifs is 1. The minimum atomic E-state index is 0.0390. The summed E-state index contributed by atoms with van der Waals surface area (Å²) in [7, 11) is 0. The number of amidine groups is 1. The standard InChI is InChI=1S/C34H31N3/c1-34(2,3)31-23-37(33(36-31)30-18-10-16-26-17-11-19-35-32(26)30)29-21-27(24-12-6-4-7-13-24)20-28(22-29)25-14-8-5-9-15-25/h4-22,31H,23H2,1-3H3/t31-/m1/s1. The summed E-state index contributed by atoms with van der Waals surface area (Å²) in [5.41, 5.74) is 8.08. The molecule has 1 aliphatic heterocycles. The van der Waals surface area contributed by atoms with Crippen LogP contribution >= 0.6 is 0 Å². The van der Waals surface area contributed by atoms with Gasteiger partial charge in [0.1, 0.15) is 5.84 Å². The monoisotopic (exact) mass is 481 g/mol. The maximum absolute atomic E-state index is 5.34. The Labute approximate surface area is 219 Å². The van der Waals surface area contributed by atoms with Gasteiger partial charge in [-0.2, -0.15) is 0 Å². The number of aliphatic imine (C=N–C) groups is 1. The molecule has 0 bridgehead atoms. The van der Waals surface area contributed by atoms with Crippen LogP contribution in [0, 0.1) is 5.41 Å². The number of hydrogen-bond acceptors (Lipinski definition) is 3. The molecule has 1 aromatic heterocycles. The topological polar surface area (TPSA) is 28.5 Å². The molecule has 0 aliphatic carbocycles. The number of anilines is 1. The molecule has 3 nitrogen and oxygen atoms in total. The Kier molecular flexibility index (Phi) is 5.84. The highest BCUT2D eigenvalue weighted by Crippen LogP contribution is 2.37. The summed E-state index contributed by atoms with van der Waals surface area (Å²) in [6.07, 6.45) is 1.87. The van der Waals surface area contributed by atoms with Crippen LogP contribution < -0.4 is 4.90 Å². The van der Waals surface area contributed by atoms with Crippen LogP contribution in [0.15, 0.2) is 120 Å². The van der Waals surface area contributed by atoms with Crippen LogP contribution in [-0.2, 0) is 0 Å². The summed E-state index contributed by atoms with van der Waals surface area (Å²) in [4.78, 5) is 12.5. The molecule has 0 spiro atoms. The first-order valence-electron chi connectivity index (χ1n) is 12.9. The second-order valence-electron chi connectivity index (χ2n) is 10.8. The molecular weight excluding hydrogens is 450 g/mol. The molecule has 0 fully saturated rings. The number of nitrogens with zero attached hydrogens (tertiary/aromatic N) is 3. The van der Waals surface area contributed by atoms with Crippen molar-refractivity contribution in [3.63, 3.8) is 0 Å². The highest BCUT2D eigenvalue weighted by Gasteiger charge is 2.35. The van der Waals surface area contributed by atoms with Crippen LogP contribution in [0.4, 0.5) is 5.69 Å². The summed E-state index contributed by atoms with van der Waals surface area (Å²) in [5, 5.41) is 1.13. The third kappa shape index (κ3) is 4.53. The quantitative estimate of drug-likeness (QED) is 0.258. The Bertz CT molecular complexity index is 1520. The zero-order valence-electron chi connectivity index (χ0n) is 21.6. The average Bonchev–Trinajstić information content (AvgIpc) is 3.40. The van der Waals surface area contributed by atoms with E-state index in [-0.39, 0.29) is 11.5 Å². The lowest BCUT2D eigenvalue weighted by Crippen LogP contribution is -2.34. The van der Waals surface area contributed by atoms with E-state index in [1.807, 2.05) is 12.3 Å². The molecule has 0 unspecified atom stereocenters. The second kappa shape index (κ2) is 9.33. The Hall–Kier alpha value is -4.24. The van der Waals surface area contributed by atoms with Crippen molar-refractivity contribution in [1.29, 1.82) is 0 Å². The lowest BCUT2D eigenvalue weighted by molar-refractivity contribution is 0.337. The molecule has 182 valence electrons. The summed E-state index contributed by atoms with van der Waals surface area (Å²) in [6.45, 7) is 7.66. The lowest BCUT2D eigenvalue weighted by atomic mass is 9.87. The molecule has 2 heterocycles. The number of pyridine rings is 1. The molecule has 0 N–H and O–H groups in total. The van der Waals surface area contributed by atoms with E-state index in [9.17, 15) is 0 Å². The Morgan fingerprint density at radius 2 is 1.30 bits per heavy atom.